The van der Waals surface area contributed by atoms with Gasteiger partial charge < -0.3 is 10.2 Å². The maximum Gasteiger partial charge on any atom is 0.244 e. The smallest absolute Gasteiger partial charge is 0.244 e. The van der Waals surface area contributed by atoms with Crippen LogP contribution in [0.1, 0.15) is 38.3 Å². The molecule has 0 aliphatic rings. The number of hydrogen-bond donors (Lipinski definition) is 1. The zero-order valence-corrected chi connectivity index (χ0v) is 22.7. The number of carbonyl (C=O) groups excluding carboxylic acids is 2. The second-order valence-corrected chi connectivity index (χ2v) is 11.4. The van der Waals surface area contributed by atoms with E-state index in [4.69, 9.17) is 0 Å². The number of rotatable bonds is 10. The van der Waals surface area contributed by atoms with Gasteiger partial charge in [0.25, 0.3) is 0 Å². The number of amides is 2. The van der Waals surface area contributed by atoms with Gasteiger partial charge in [-0.15, -0.1) is 0 Å². The average molecular weight is 586 g/mol. The molecule has 0 unspecified atom stereocenters. The molecule has 2 atom stereocenters. The Kier molecular flexibility index (Phi) is 9.71. The summed E-state index contributed by atoms with van der Waals surface area (Å²) in [5.74, 6) is -0.724. The van der Waals surface area contributed by atoms with Gasteiger partial charge >= 0.3 is 0 Å². The van der Waals surface area contributed by atoms with Crippen molar-refractivity contribution in [2.45, 2.75) is 52.7 Å². The number of carbonyl (C=O) groups is 2. The summed E-state index contributed by atoms with van der Waals surface area (Å²) >= 11 is 2.13. The predicted octanol–water partition coefficient (Wildman–Crippen LogP) is 3.70. The van der Waals surface area contributed by atoms with Crippen molar-refractivity contribution in [3.63, 3.8) is 0 Å². The van der Waals surface area contributed by atoms with Gasteiger partial charge in [-0.25, -0.2) is 8.42 Å². The van der Waals surface area contributed by atoms with Crippen molar-refractivity contribution in [3.05, 3.63) is 63.2 Å². The number of anilines is 1. The predicted molar refractivity (Wildman–Crippen MR) is 140 cm³/mol. The molecule has 9 heteroatoms. The Balaban J connectivity index is 2.37. The zero-order chi connectivity index (χ0) is 24.8. The SMILES string of the molecule is CC[C@H](C)NC(=O)[C@@H](C)N(Cc1cccc(C)c1)C(=O)CN(c1ccc(I)cc1)S(C)(=O)=O. The van der Waals surface area contributed by atoms with Crippen LogP contribution >= 0.6 is 22.6 Å². The molecule has 0 saturated carbocycles. The summed E-state index contributed by atoms with van der Waals surface area (Å²) in [5, 5.41) is 2.92. The molecular formula is C24H32IN3O4S. The fourth-order valence-electron chi connectivity index (χ4n) is 3.28. The van der Waals surface area contributed by atoms with E-state index in [0.717, 1.165) is 31.7 Å². The Morgan fingerprint density at radius 1 is 1.09 bits per heavy atom. The monoisotopic (exact) mass is 585 g/mol. The second-order valence-electron chi connectivity index (χ2n) is 8.25. The molecule has 2 amide bonds. The number of halogens is 1. The number of benzene rings is 2. The van der Waals surface area contributed by atoms with Crippen molar-refractivity contribution >= 4 is 50.1 Å². The van der Waals surface area contributed by atoms with Crippen LogP contribution in [-0.2, 0) is 26.2 Å². The van der Waals surface area contributed by atoms with Gasteiger partial charge in [-0.05, 0) is 79.6 Å². The molecule has 0 bridgehead atoms. The van der Waals surface area contributed by atoms with E-state index >= 15 is 0 Å². The first-order valence-electron chi connectivity index (χ1n) is 10.8. The second kappa shape index (κ2) is 11.8. The molecule has 2 rings (SSSR count). The summed E-state index contributed by atoms with van der Waals surface area (Å²) in [4.78, 5) is 27.8. The van der Waals surface area contributed by atoms with Gasteiger partial charge in [-0.2, -0.15) is 0 Å². The van der Waals surface area contributed by atoms with E-state index in [9.17, 15) is 18.0 Å². The molecule has 0 heterocycles. The van der Waals surface area contributed by atoms with Crippen molar-refractivity contribution in [1.29, 1.82) is 0 Å². The van der Waals surface area contributed by atoms with E-state index in [1.54, 1.807) is 31.2 Å². The van der Waals surface area contributed by atoms with Gasteiger partial charge in [0.15, 0.2) is 0 Å². The third kappa shape index (κ3) is 7.99. The normalized spacial score (nSPS) is 13.2. The van der Waals surface area contributed by atoms with Gasteiger partial charge in [0.1, 0.15) is 12.6 Å². The summed E-state index contributed by atoms with van der Waals surface area (Å²) in [6.45, 7) is 7.29. The first kappa shape index (κ1) is 27.1. The highest BCUT2D eigenvalue weighted by Gasteiger charge is 2.30. The minimum Gasteiger partial charge on any atom is -0.352 e. The van der Waals surface area contributed by atoms with Crippen LogP contribution < -0.4 is 9.62 Å². The molecule has 1 N–H and O–H groups in total. The van der Waals surface area contributed by atoms with Crippen LogP contribution in [0.5, 0.6) is 0 Å². The maximum absolute atomic E-state index is 13.5. The highest BCUT2D eigenvalue weighted by molar-refractivity contribution is 14.1. The van der Waals surface area contributed by atoms with E-state index in [0.29, 0.717) is 5.69 Å². The van der Waals surface area contributed by atoms with Crippen LogP contribution in [0, 0.1) is 10.5 Å². The van der Waals surface area contributed by atoms with Gasteiger partial charge in [0.2, 0.25) is 21.8 Å². The van der Waals surface area contributed by atoms with Gasteiger partial charge in [-0.1, -0.05) is 36.8 Å². The van der Waals surface area contributed by atoms with Crippen LogP contribution in [0.2, 0.25) is 0 Å². The van der Waals surface area contributed by atoms with Gasteiger partial charge in [-0.3, -0.25) is 13.9 Å². The fraction of sp³-hybridized carbons (Fsp3) is 0.417. The largest absolute Gasteiger partial charge is 0.352 e. The van der Waals surface area contributed by atoms with E-state index in [1.807, 2.05) is 45.0 Å². The standard InChI is InChI=1S/C24H32IN3O4S/c1-6-18(3)26-24(30)19(4)27(15-20-9-7-8-17(2)14-20)23(29)16-28(33(5,31)32)22-12-10-21(25)11-13-22/h7-14,18-19H,6,15-16H2,1-5H3,(H,26,30)/t18-,19+/m0/s1. The summed E-state index contributed by atoms with van der Waals surface area (Å²) in [6.07, 6.45) is 1.83. The average Bonchev–Trinajstić information content (AvgIpc) is 2.75. The van der Waals surface area contributed by atoms with Crippen LogP contribution in [0.3, 0.4) is 0 Å². The number of nitrogens with one attached hydrogen (secondary N) is 1. The van der Waals surface area contributed by atoms with Crippen molar-refractivity contribution in [2.24, 2.45) is 0 Å². The van der Waals surface area contributed by atoms with Crippen LogP contribution in [0.4, 0.5) is 5.69 Å². The van der Waals surface area contributed by atoms with Crippen LogP contribution in [0.15, 0.2) is 48.5 Å². The zero-order valence-electron chi connectivity index (χ0n) is 19.7. The van der Waals surface area contributed by atoms with E-state index < -0.39 is 28.5 Å². The van der Waals surface area contributed by atoms with E-state index in [1.165, 1.54) is 4.90 Å². The van der Waals surface area contributed by atoms with Crippen molar-refractivity contribution < 1.29 is 18.0 Å². The Bertz CT molecular complexity index is 1070. The number of hydrogen-bond acceptors (Lipinski definition) is 4. The quantitative estimate of drug-likeness (QED) is 0.431. The molecule has 180 valence electrons. The van der Waals surface area contributed by atoms with E-state index in [-0.39, 0.29) is 18.5 Å². The maximum atomic E-state index is 13.5. The van der Waals surface area contributed by atoms with Crippen LogP contribution in [-0.4, -0.2) is 50.0 Å². The lowest BCUT2D eigenvalue weighted by Gasteiger charge is -2.32. The number of nitrogens with zero attached hydrogens (tertiary/aromatic N) is 2. The third-order valence-electron chi connectivity index (χ3n) is 5.40. The molecule has 0 spiro atoms. The fourth-order valence-corrected chi connectivity index (χ4v) is 4.49. The topological polar surface area (TPSA) is 86.8 Å². The summed E-state index contributed by atoms with van der Waals surface area (Å²) in [5.41, 5.74) is 2.30. The molecule has 0 aliphatic carbocycles. The number of aryl methyl sites for hydroxylation is 1. The molecule has 0 saturated heterocycles. The molecule has 2 aromatic rings. The highest BCUT2D eigenvalue weighted by Crippen LogP contribution is 2.20. The summed E-state index contributed by atoms with van der Waals surface area (Å²) in [7, 11) is -3.73. The molecule has 0 aliphatic heterocycles. The summed E-state index contributed by atoms with van der Waals surface area (Å²) < 4.78 is 27.1. The van der Waals surface area contributed by atoms with Crippen LogP contribution in [0.25, 0.3) is 0 Å². The van der Waals surface area contributed by atoms with Crippen molar-refractivity contribution in [3.8, 4) is 0 Å². The van der Waals surface area contributed by atoms with Crippen molar-refractivity contribution in [1.82, 2.24) is 10.2 Å². The molecule has 0 fully saturated rings. The first-order chi connectivity index (χ1) is 15.4. The minimum absolute atomic E-state index is 0.0322. The lowest BCUT2D eigenvalue weighted by molar-refractivity contribution is -0.139. The lowest BCUT2D eigenvalue weighted by Crippen LogP contribution is -2.52. The van der Waals surface area contributed by atoms with E-state index in [2.05, 4.69) is 27.9 Å². The molecule has 2 aromatic carbocycles. The molecule has 0 radical (unpaired) electrons. The highest BCUT2D eigenvalue weighted by atomic mass is 127. The molecule has 33 heavy (non-hydrogen) atoms. The minimum atomic E-state index is -3.73. The van der Waals surface area contributed by atoms with Crippen molar-refractivity contribution in [2.75, 3.05) is 17.1 Å². The molecular weight excluding hydrogens is 553 g/mol. The third-order valence-corrected chi connectivity index (χ3v) is 7.26. The molecule has 7 nitrogen and oxygen atoms in total. The van der Waals surface area contributed by atoms with Gasteiger partial charge in [0.05, 0.1) is 11.9 Å². The Morgan fingerprint density at radius 2 is 1.73 bits per heavy atom. The Morgan fingerprint density at radius 3 is 2.27 bits per heavy atom. The van der Waals surface area contributed by atoms with Gasteiger partial charge in [0, 0.05) is 16.2 Å². The first-order valence-corrected chi connectivity index (χ1v) is 13.7. The Labute approximate surface area is 210 Å². The lowest BCUT2D eigenvalue weighted by atomic mass is 10.1. The Hall–Kier alpha value is -2.14. The number of sulfonamides is 1. The molecule has 0 aromatic heterocycles. The summed E-state index contributed by atoms with van der Waals surface area (Å²) in [6, 6.07) is 13.8.